The van der Waals surface area contributed by atoms with Gasteiger partial charge in [-0.15, -0.1) is 0 Å². The first kappa shape index (κ1) is 12.8. The first-order valence-corrected chi connectivity index (χ1v) is 6.10. The van der Waals surface area contributed by atoms with Gasteiger partial charge in [-0.05, 0) is 61.2 Å². The molecule has 0 fully saturated rings. The van der Waals surface area contributed by atoms with Crippen molar-refractivity contribution in [1.29, 1.82) is 0 Å². The number of nitrogens with one attached hydrogen (secondary N) is 1. The zero-order valence-corrected chi connectivity index (χ0v) is 11.4. The summed E-state index contributed by atoms with van der Waals surface area (Å²) in [6.07, 6.45) is 1.13. The molecule has 4 heteroatoms. The number of halogens is 2. The molecule has 0 saturated heterocycles. The third kappa shape index (κ3) is 4.87. The average Bonchev–Trinajstić information content (AvgIpc) is 2.18. The van der Waals surface area contributed by atoms with Crippen LogP contribution in [-0.2, 0) is 0 Å². The van der Waals surface area contributed by atoms with E-state index in [-0.39, 0.29) is 0 Å². The molecule has 0 amide bonds. The van der Waals surface area contributed by atoms with Crippen molar-refractivity contribution >= 4 is 33.2 Å². The van der Waals surface area contributed by atoms with Crippen molar-refractivity contribution in [3.05, 3.63) is 27.7 Å². The lowest BCUT2D eigenvalue weighted by Gasteiger charge is -2.11. The summed E-state index contributed by atoms with van der Waals surface area (Å²) >= 11 is 9.35. The summed E-state index contributed by atoms with van der Waals surface area (Å²) in [5.74, 6) is 0. The maximum Gasteiger partial charge on any atom is 0.0568 e. The fraction of sp³-hybridized carbons (Fsp3) is 0.455. The van der Waals surface area contributed by atoms with Crippen molar-refractivity contribution in [2.45, 2.75) is 6.42 Å². The molecular weight excluding hydrogens is 275 g/mol. The molecular formula is C11H16BrClN2. The second-order valence-electron chi connectivity index (χ2n) is 3.71. The molecule has 0 spiro atoms. The fourth-order valence-corrected chi connectivity index (χ4v) is 1.66. The summed E-state index contributed by atoms with van der Waals surface area (Å²) in [4.78, 5) is 2.18. The van der Waals surface area contributed by atoms with Gasteiger partial charge in [-0.2, -0.15) is 0 Å². The molecule has 1 N–H and O–H groups in total. The van der Waals surface area contributed by atoms with E-state index >= 15 is 0 Å². The maximum atomic E-state index is 5.98. The number of benzene rings is 1. The minimum atomic E-state index is 0.743. The highest BCUT2D eigenvalue weighted by Gasteiger charge is 1.98. The van der Waals surface area contributed by atoms with Crippen molar-refractivity contribution < 1.29 is 0 Å². The summed E-state index contributed by atoms with van der Waals surface area (Å²) in [5.41, 5.74) is 1.07. The molecule has 0 saturated carbocycles. The Morgan fingerprint density at radius 1 is 1.40 bits per heavy atom. The topological polar surface area (TPSA) is 15.3 Å². The number of anilines is 1. The van der Waals surface area contributed by atoms with Crippen LogP contribution in [0.25, 0.3) is 0 Å². The molecule has 1 aromatic rings. The van der Waals surface area contributed by atoms with Gasteiger partial charge < -0.3 is 10.2 Å². The minimum absolute atomic E-state index is 0.743. The van der Waals surface area contributed by atoms with Crippen LogP contribution in [0.2, 0.25) is 5.02 Å². The van der Waals surface area contributed by atoms with E-state index in [1.165, 1.54) is 0 Å². The van der Waals surface area contributed by atoms with E-state index in [0.29, 0.717) is 0 Å². The lowest BCUT2D eigenvalue weighted by molar-refractivity contribution is 0.405. The van der Waals surface area contributed by atoms with Crippen LogP contribution in [0, 0.1) is 0 Å². The Bertz CT molecular complexity index is 315. The molecule has 0 bridgehead atoms. The Morgan fingerprint density at radius 2 is 2.13 bits per heavy atom. The second kappa shape index (κ2) is 6.36. The highest BCUT2D eigenvalue weighted by molar-refractivity contribution is 9.10. The van der Waals surface area contributed by atoms with E-state index in [9.17, 15) is 0 Å². The molecule has 1 aromatic carbocycles. The number of nitrogens with zero attached hydrogens (tertiary/aromatic N) is 1. The van der Waals surface area contributed by atoms with E-state index in [2.05, 4.69) is 40.2 Å². The fourth-order valence-electron chi connectivity index (χ4n) is 1.23. The first-order chi connectivity index (χ1) is 7.09. The predicted octanol–water partition coefficient (Wildman–Crippen LogP) is 3.47. The third-order valence-corrected chi connectivity index (χ3v) is 3.26. The number of rotatable bonds is 5. The van der Waals surface area contributed by atoms with E-state index in [1.807, 2.05) is 18.2 Å². The second-order valence-corrected chi connectivity index (χ2v) is 4.97. The van der Waals surface area contributed by atoms with Crippen molar-refractivity contribution in [3.63, 3.8) is 0 Å². The van der Waals surface area contributed by atoms with Gasteiger partial charge in [0, 0.05) is 16.7 Å². The highest BCUT2D eigenvalue weighted by Crippen LogP contribution is 2.25. The third-order valence-electron chi connectivity index (χ3n) is 2.03. The molecule has 15 heavy (non-hydrogen) atoms. The van der Waals surface area contributed by atoms with Gasteiger partial charge in [0.1, 0.15) is 0 Å². The zero-order valence-electron chi connectivity index (χ0n) is 9.06. The predicted molar refractivity (Wildman–Crippen MR) is 70.8 cm³/mol. The average molecular weight is 292 g/mol. The van der Waals surface area contributed by atoms with Gasteiger partial charge in [-0.1, -0.05) is 11.6 Å². The van der Waals surface area contributed by atoms with Crippen molar-refractivity contribution in [1.82, 2.24) is 4.90 Å². The van der Waals surface area contributed by atoms with Crippen LogP contribution < -0.4 is 5.32 Å². The van der Waals surface area contributed by atoms with E-state index < -0.39 is 0 Å². The molecule has 0 unspecified atom stereocenters. The minimum Gasteiger partial charge on any atom is -0.385 e. The molecule has 0 aliphatic heterocycles. The molecule has 0 aliphatic carbocycles. The van der Waals surface area contributed by atoms with Crippen LogP contribution in [0.15, 0.2) is 22.7 Å². The number of hydrogen-bond acceptors (Lipinski definition) is 2. The number of hydrogen-bond donors (Lipinski definition) is 1. The lowest BCUT2D eigenvalue weighted by atomic mass is 10.3. The summed E-state index contributed by atoms with van der Waals surface area (Å²) in [6.45, 7) is 2.06. The SMILES string of the molecule is CN(C)CCCNc1ccc(Br)c(Cl)c1. The quantitative estimate of drug-likeness (QED) is 0.836. The molecule has 0 atom stereocenters. The lowest BCUT2D eigenvalue weighted by Crippen LogP contribution is -2.16. The van der Waals surface area contributed by atoms with E-state index in [0.717, 1.165) is 34.7 Å². The van der Waals surface area contributed by atoms with Gasteiger partial charge in [0.2, 0.25) is 0 Å². The Labute approximate surface area is 105 Å². The molecule has 0 aliphatic rings. The van der Waals surface area contributed by atoms with Gasteiger partial charge in [0.05, 0.1) is 5.02 Å². The molecule has 84 valence electrons. The van der Waals surface area contributed by atoms with Crippen LogP contribution in [0.1, 0.15) is 6.42 Å². The first-order valence-electron chi connectivity index (χ1n) is 4.93. The van der Waals surface area contributed by atoms with Crippen LogP contribution in [0.5, 0.6) is 0 Å². The molecule has 2 nitrogen and oxygen atoms in total. The van der Waals surface area contributed by atoms with Crippen LogP contribution in [0.4, 0.5) is 5.69 Å². The standard InChI is InChI=1S/C11H16BrClN2/c1-15(2)7-3-6-14-9-4-5-10(12)11(13)8-9/h4-5,8,14H,3,6-7H2,1-2H3. The van der Waals surface area contributed by atoms with Gasteiger partial charge in [0.25, 0.3) is 0 Å². The van der Waals surface area contributed by atoms with Gasteiger partial charge in [-0.25, -0.2) is 0 Å². The van der Waals surface area contributed by atoms with Crippen LogP contribution >= 0.6 is 27.5 Å². The van der Waals surface area contributed by atoms with Gasteiger partial charge >= 0.3 is 0 Å². The van der Waals surface area contributed by atoms with E-state index in [4.69, 9.17) is 11.6 Å². The molecule has 1 rings (SSSR count). The Kier molecular flexibility index (Phi) is 5.43. The smallest absolute Gasteiger partial charge is 0.0568 e. The largest absolute Gasteiger partial charge is 0.385 e. The highest BCUT2D eigenvalue weighted by atomic mass is 79.9. The van der Waals surface area contributed by atoms with Crippen LogP contribution in [-0.4, -0.2) is 32.1 Å². The van der Waals surface area contributed by atoms with E-state index in [1.54, 1.807) is 0 Å². The molecule has 0 aromatic heterocycles. The Balaban J connectivity index is 2.35. The summed E-state index contributed by atoms with van der Waals surface area (Å²) in [5, 5.41) is 4.08. The Hall–Kier alpha value is -0.250. The monoisotopic (exact) mass is 290 g/mol. The Morgan fingerprint density at radius 3 is 2.73 bits per heavy atom. The maximum absolute atomic E-state index is 5.98. The summed E-state index contributed by atoms with van der Waals surface area (Å²) < 4.78 is 0.933. The molecule has 0 heterocycles. The summed E-state index contributed by atoms with van der Waals surface area (Å²) in [6, 6.07) is 5.91. The van der Waals surface area contributed by atoms with Crippen molar-refractivity contribution in [2.75, 3.05) is 32.5 Å². The van der Waals surface area contributed by atoms with Crippen molar-refractivity contribution in [2.24, 2.45) is 0 Å². The van der Waals surface area contributed by atoms with Gasteiger partial charge in [0.15, 0.2) is 0 Å². The molecule has 0 radical (unpaired) electrons. The van der Waals surface area contributed by atoms with Crippen molar-refractivity contribution in [3.8, 4) is 0 Å². The summed E-state index contributed by atoms with van der Waals surface area (Å²) in [7, 11) is 4.16. The normalized spacial score (nSPS) is 10.7. The van der Waals surface area contributed by atoms with Gasteiger partial charge in [-0.3, -0.25) is 0 Å². The zero-order chi connectivity index (χ0) is 11.3. The van der Waals surface area contributed by atoms with Crippen LogP contribution in [0.3, 0.4) is 0 Å².